The molecule has 0 aromatic heterocycles. The monoisotopic (exact) mass is 321 g/mol. The van der Waals surface area contributed by atoms with Crippen LogP contribution < -0.4 is 15.2 Å². The Morgan fingerprint density at radius 1 is 1.35 bits per heavy atom. The summed E-state index contributed by atoms with van der Waals surface area (Å²) in [6.07, 6.45) is 3.30. The molecule has 0 fully saturated rings. The molecule has 0 aliphatic carbocycles. The molecule has 1 atom stereocenters. The maximum absolute atomic E-state index is 6.15. The van der Waals surface area contributed by atoms with Gasteiger partial charge >= 0.3 is 0 Å². The van der Waals surface area contributed by atoms with Crippen LogP contribution in [0.2, 0.25) is 0 Å². The topological polar surface area (TPSA) is 44.5 Å². The summed E-state index contributed by atoms with van der Waals surface area (Å²) in [7, 11) is 0. The van der Waals surface area contributed by atoms with Crippen LogP contribution in [0, 0.1) is 0 Å². The number of unbranched alkanes of at least 4 members (excludes halogenated alkanes) is 1. The van der Waals surface area contributed by atoms with Crippen molar-refractivity contribution in [2.75, 3.05) is 6.79 Å². The van der Waals surface area contributed by atoms with E-state index in [1.165, 1.54) is 0 Å². The van der Waals surface area contributed by atoms with Gasteiger partial charge in [0.15, 0.2) is 11.5 Å². The normalized spacial score (nSPS) is 14.3. The molecule has 0 saturated carbocycles. The number of fused-ring (bicyclic) bond motifs is 1. The molecule has 0 saturated heterocycles. The van der Waals surface area contributed by atoms with Gasteiger partial charge in [-0.15, -0.1) is 12.4 Å². The third-order valence-electron chi connectivity index (χ3n) is 2.76. The van der Waals surface area contributed by atoms with E-state index in [-0.39, 0.29) is 18.4 Å². The number of nitrogens with two attached hydrogens (primary N) is 1. The minimum atomic E-state index is 0. The van der Waals surface area contributed by atoms with Crippen molar-refractivity contribution in [3.8, 4) is 11.5 Å². The zero-order valence-electron chi connectivity index (χ0n) is 9.74. The van der Waals surface area contributed by atoms with Gasteiger partial charge in [0.1, 0.15) is 0 Å². The fraction of sp³-hybridized carbons (Fsp3) is 0.500. The van der Waals surface area contributed by atoms with Gasteiger partial charge in [0.2, 0.25) is 6.79 Å². The number of hydrogen-bond acceptors (Lipinski definition) is 3. The van der Waals surface area contributed by atoms with E-state index in [1.54, 1.807) is 0 Å². The second-order valence-corrected chi connectivity index (χ2v) is 4.83. The number of rotatable bonds is 4. The minimum Gasteiger partial charge on any atom is -0.454 e. The molecule has 17 heavy (non-hydrogen) atoms. The van der Waals surface area contributed by atoms with Gasteiger partial charge < -0.3 is 15.2 Å². The van der Waals surface area contributed by atoms with Crippen molar-refractivity contribution in [3.63, 3.8) is 0 Å². The standard InChI is InChI=1S/C12H16BrNO2.ClH/c1-2-3-4-10(14)8-5-11-12(6-9(8)13)16-7-15-11;/h5-6,10H,2-4,7,14H2,1H3;1H/t10-;/m1./s1. The Kier molecular flexibility index (Phi) is 5.56. The molecule has 96 valence electrons. The zero-order chi connectivity index (χ0) is 11.5. The van der Waals surface area contributed by atoms with Crippen LogP contribution in [0.3, 0.4) is 0 Å². The first-order valence-electron chi connectivity index (χ1n) is 5.57. The molecule has 1 aliphatic rings. The van der Waals surface area contributed by atoms with E-state index in [0.29, 0.717) is 6.79 Å². The number of ether oxygens (including phenoxy) is 2. The summed E-state index contributed by atoms with van der Waals surface area (Å²) >= 11 is 3.53. The highest BCUT2D eigenvalue weighted by atomic mass is 79.9. The molecule has 1 aromatic rings. The molecule has 3 nitrogen and oxygen atoms in total. The molecule has 2 rings (SSSR count). The Morgan fingerprint density at radius 3 is 2.65 bits per heavy atom. The molecule has 5 heteroatoms. The highest BCUT2D eigenvalue weighted by Crippen LogP contribution is 2.39. The first-order valence-corrected chi connectivity index (χ1v) is 6.36. The van der Waals surface area contributed by atoms with E-state index in [4.69, 9.17) is 15.2 Å². The third-order valence-corrected chi connectivity index (χ3v) is 3.45. The van der Waals surface area contributed by atoms with Crippen LogP contribution in [0.5, 0.6) is 11.5 Å². The molecule has 0 radical (unpaired) electrons. The molecule has 0 spiro atoms. The Hall–Kier alpha value is -0.450. The van der Waals surface area contributed by atoms with E-state index in [2.05, 4.69) is 22.9 Å². The van der Waals surface area contributed by atoms with Gasteiger partial charge in [-0.2, -0.15) is 0 Å². The third kappa shape index (κ3) is 3.27. The summed E-state index contributed by atoms with van der Waals surface area (Å²) < 4.78 is 11.7. The van der Waals surface area contributed by atoms with Crippen molar-refractivity contribution in [1.82, 2.24) is 0 Å². The molecule has 0 amide bonds. The lowest BCUT2D eigenvalue weighted by Crippen LogP contribution is -2.10. The molecule has 1 heterocycles. The van der Waals surface area contributed by atoms with Crippen molar-refractivity contribution < 1.29 is 9.47 Å². The number of benzene rings is 1. The predicted octanol–water partition coefficient (Wildman–Crippen LogP) is 3.79. The van der Waals surface area contributed by atoms with Crippen LogP contribution in [-0.4, -0.2) is 6.79 Å². The maximum Gasteiger partial charge on any atom is 0.231 e. The predicted molar refractivity (Wildman–Crippen MR) is 74.0 cm³/mol. The molecule has 2 N–H and O–H groups in total. The van der Waals surface area contributed by atoms with Crippen molar-refractivity contribution in [1.29, 1.82) is 0 Å². The highest BCUT2D eigenvalue weighted by Gasteiger charge is 2.19. The SMILES string of the molecule is CCCC[C@@H](N)c1cc2c(cc1Br)OCO2.Cl. The summed E-state index contributed by atoms with van der Waals surface area (Å²) in [5, 5.41) is 0. The van der Waals surface area contributed by atoms with E-state index >= 15 is 0 Å². The minimum absolute atomic E-state index is 0. The second-order valence-electron chi connectivity index (χ2n) is 3.98. The first-order chi connectivity index (χ1) is 7.72. The zero-order valence-corrected chi connectivity index (χ0v) is 12.1. The van der Waals surface area contributed by atoms with Crippen molar-refractivity contribution in [3.05, 3.63) is 22.2 Å². The van der Waals surface area contributed by atoms with Crippen molar-refractivity contribution in [2.24, 2.45) is 5.73 Å². The highest BCUT2D eigenvalue weighted by molar-refractivity contribution is 9.10. The van der Waals surface area contributed by atoms with Crippen LogP contribution in [-0.2, 0) is 0 Å². The maximum atomic E-state index is 6.15. The fourth-order valence-electron chi connectivity index (χ4n) is 1.80. The Bertz CT molecular complexity index is 387. The van der Waals surface area contributed by atoms with Crippen LogP contribution >= 0.6 is 28.3 Å². The molecular formula is C12H17BrClNO2. The van der Waals surface area contributed by atoms with Gasteiger partial charge in [-0.3, -0.25) is 0 Å². The quantitative estimate of drug-likeness (QED) is 0.917. The van der Waals surface area contributed by atoms with Crippen molar-refractivity contribution in [2.45, 2.75) is 32.2 Å². The molecule has 1 aliphatic heterocycles. The van der Waals surface area contributed by atoms with Crippen molar-refractivity contribution >= 4 is 28.3 Å². The lowest BCUT2D eigenvalue weighted by atomic mass is 10.0. The van der Waals surface area contributed by atoms with Crippen LogP contribution in [0.15, 0.2) is 16.6 Å². The number of halogens is 2. The summed E-state index contributed by atoms with van der Waals surface area (Å²) in [5.74, 6) is 1.59. The molecule has 1 aromatic carbocycles. The van der Waals surface area contributed by atoms with Crippen LogP contribution in [0.25, 0.3) is 0 Å². The van der Waals surface area contributed by atoms with Gasteiger partial charge in [0, 0.05) is 10.5 Å². The Balaban J connectivity index is 0.00000144. The fourth-order valence-corrected chi connectivity index (χ4v) is 2.41. The van der Waals surface area contributed by atoms with E-state index in [0.717, 1.165) is 40.8 Å². The average Bonchev–Trinajstić information content (AvgIpc) is 2.71. The van der Waals surface area contributed by atoms with Gasteiger partial charge in [-0.05, 0) is 24.1 Å². The van der Waals surface area contributed by atoms with Gasteiger partial charge in [0.05, 0.1) is 0 Å². The Labute approximate surface area is 116 Å². The smallest absolute Gasteiger partial charge is 0.231 e. The van der Waals surface area contributed by atoms with Gasteiger partial charge in [0.25, 0.3) is 0 Å². The largest absolute Gasteiger partial charge is 0.454 e. The van der Waals surface area contributed by atoms with E-state index in [9.17, 15) is 0 Å². The molecule has 0 unspecified atom stereocenters. The molecular weight excluding hydrogens is 305 g/mol. The molecule has 0 bridgehead atoms. The Morgan fingerprint density at radius 2 is 2.00 bits per heavy atom. The van der Waals surface area contributed by atoms with Crippen LogP contribution in [0.1, 0.15) is 37.8 Å². The number of hydrogen-bond donors (Lipinski definition) is 1. The lowest BCUT2D eigenvalue weighted by Gasteiger charge is -2.14. The second kappa shape index (κ2) is 6.47. The summed E-state index contributed by atoms with van der Waals surface area (Å²) in [4.78, 5) is 0. The summed E-state index contributed by atoms with van der Waals surface area (Å²) in [5.41, 5.74) is 7.24. The van der Waals surface area contributed by atoms with Gasteiger partial charge in [-0.25, -0.2) is 0 Å². The summed E-state index contributed by atoms with van der Waals surface area (Å²) in [6.45, 7) is 2.47. The summed E-state index contributed by atoms with van der Waals surface area (Å²) in [6, 6.07) is 3.97. The average molecular weight is 323 g/mol. The lowest BCUT2D eigenvalue weighted by molar-refractivity contribution is 0.174. The van der Waals surface area contributed by atoms with Crippen LogP contribution in [0.4, 0.5) is 0 Å². The van der Waals surface area contributed by atoms with E-state index < -0.39 is 0 Å². The van der Waals surface area contributed by atoms with E-state index in [1.807, 2.05) is 12.1 Å². The first kappa shape index (κ1) is 14.6. The van der Waals surface area contributed by atoms with Gasteiger partial charge in [-0.1, -0.05) is 35.7 Å².